The topological polar surface area (TPSA) is 55.1 Å². The van der Waals surface area contributed by atoms with Crippen molar-refractivity contribution in [3.8, 4) is 0 Å². The van der Waals surface area contributed by atoms with Crippen molar-refractivity contribution in [1.82, 2.24) is 5.32 Å². The number of nitrogens with one attached hydrogen (secondary N) is 1. The molecule has 0 spiro atoms. The number of amides is 1. The van der Waals surface area contributed by atoms with Crippen molar-refractivity contribution >= 4 is 17.7 Å². The highest BCUT2D eigenvalue weighted by Crippen LogP contribution is 2.26. The molecule has 1 amide bonds. The van der Waals surface area contributed by atoms with Crippen LogP contribution in [0.5, 0.6) is 0 Å². The molecule has 0 aromatic carbocycles. The van der Waals surface area contributed by atoms with Crippen molar-refractivity contribution in [1.29, 1.82) is 0 Å². The van der Waals surface area contributed by atoms with Gasteiger partial charge in [-0.15, -0.1) is 0 Å². The van der Waals surface area contributed by atoms with Crippen molar-refractivity contribution in [2.45, 2.75) is 57.5 Å². The lowest BCUT2D eigenvalue weighted by Crippen LogP contribution is -2.47. The Morgan fingerprint density at radius 2 is 2.06 bits per heavy atom. The van der Waals surface area contributed by atoms with Gasteiger partial charge in [-0.2, -0.15) is 11.8 Å². The van der Waals surface area contributed by atoms with Crippen LogP contribution in [0.15, 0.2) is 0 Å². The van der Waals surface area contributed by atoms with Gasteiger partial charge in [0.15, 0.2) is 0 Å². The third kappa shape index (κ3) is 5.30. The van der Waals surface area contributed by atoms with E-state index in [0.29, 0.717) is 5.92 Å². The van der Waals surface area contributed by atoms with Crippen LogP contribution in [0.25, 0.3) is 0 Å². The molecule has 3 nitrogen and oxygen atoms in total. The zero-order valence-electron chi connectivity index (χ0n) is 11.1. The predicted molar refractivity (Wildman–Crippen MR) is 75.2 cm³/mol. The molecule has 2 atom stereocenters. The van der Waals surface area contributed by atoms with Crippen LogP contribution in [-0.2, 0) is 4.79 Å². The van der Waals surface area contributed by atoms with E-state index in [1.807, 2.05) is 6.26 Å². The molecular formula is C13H26N2OS. The van der Waals surface area contributed by atoms with E-state index in [9.17, 15) is 4.79 Å². The van der Waals surface area contributed by atoms with Crippen LogP contribution in [0.4, 0.5) is 0 Å². The van der Waals surface area contributed by atoms with Crippen LogP contribution >= 0.6 is 11.8 Å². The number of thioether (sulfide) groups is 1. The lowest BCUT2D eigenvalue weighted by atomic mass is 9.84. The van der Waals surface area contributed by atoms with Crippen molar-refractivity contribution in [3.63, 3.8) is 0 Å². The summed E-state index contributed by atoms with van der Waals surface area (Å²) in [6.45, 7) is 2.12. The maximum absolute atomic E-state index is 11.9. The minimum Gasteiger partial charge on any atom is -0.352 e. The van der Waals surface area contributed by atoms with Crippen LogP contribution in [0.2, 0.25) is 0 Å². The Morgan fingerprint density at radius 1 is 1.41 bits per heavy atom. The molecule has 3 N–H and O–H groups in total. The van der Waals surface area contributed by atoms with Gasteiger partial charge >= 0.3 is 0 Å². The van der Waals surface area contributed by atoms with Gasteiger partial charge in [-0.05, 0) is 44.1 Å². The quantitative estimate of drug-likeness (QED) is 0.767. The largest absolute Gasteiger partial charge is 0.352 e. The fourth-order valence-corrected chi connectivity index (χ4v) is 2.95. The zero-order chi connectivity index (χ0) is 12.7. The molecule has 100 valence electrons. The molecule has 0 bridgehead atoms. The van der Waals surface area contributed by atoms with Gasteiger partial charge in [-0.1, -0.05) is 19.3 Å². The highest BCUT2D eigenvalue weighted by molar-refractivity contribution is 7.98. The summed E-state index contributed by atoms with van der Waals surface area (Å²) in [6.07, 6.45) is 9.28. The Balaban J connectivity index is 2.28. The standard InChI is InChI=1S/C13H26N2OS/c1-10(11-6-4-3-5-7-11)15-13(16)12(14)8-9-17-2/h10-12H,3-9,14H2,1-2H3,(H,15,16)/t10?,12-/m1/s1. The summed E-state index contributed by atoms with van der Waals surface area (Å²) in [7, 11) is 0. The third-order valence-electron chi connectivity index (χ3n) is 3.70. The molecule has 0 saturated heterocycles. The molecule has 4 heteroatoms. The Kier molecular flexibility index (Phi) is 6.97. The van der Waals surface area contributed by atoms with Crippen molar-refractivity contribution in [2.24, 2.45) is 11.7 Å². The highest BCUT2D eigenvalue weighted by Gasteiger charge is 2.23. The molecule has 1 aliphatic carbocycles. The van der Waals surface area contributed by atoms with E-state index in [2.05, 4.69) is 12.2 Å². The van der Waals surface area contributed by atoms with Crippen molar-refractivity contribution < 1.29 is 4.79 Å². The smallest absolute Gasteiger partial charge is 0.237 e. The maximum Gasteiger partial charge on any atom is 0.237 e. The summed E-state index contributed by atoms with van der Waals surface area (Å²) in [5.41, 5.74) is 5.86. The van der Waals surface area contributed by atoms with E-state index in [4.69, 9.17) is 5.73 Å². The monoisotopic (exact) mass is 258 g/mol. The first-order chi connectivity index (χ1) is 8.15. The summed E-state index contributed by atoms with van der Waals surface area (Å²) in [5, 5.41) is 3.09. The molecule has 0 radical (unpaired) electrons. The van der Waals surface area contributed by atoms with E-state index in [0.717, 1.165) is 12.2 Å². The van der Waals surface area contributed by atoms with E-state index in [1.165, 1.54) is 32.1 Å². The van der Waals surface area contributed by atoms with Gasteiger partial charge in [0.2, 0.25) is 5.91 Å². The van der Waals surface area contributed by atoms with Gasteiger partial charge in [-0.3, -0.25) is 4.79 Å². The van der Waals surface area contributed by atoms with Crippen LogP contribution in [0, 0.1) is 5.92 Å². The average Bonchev–Trinajstić information content (AvgIpc) is 2.36. The predicted octanol–water partition coefficient (Wildman–Crippen LogP) is 2.15. The number of hydrogen-bond donors (Lipinski definition) is 2. The van der Waals surface area contributed by atoms with Crippen molar-refractivity contribution in [2.75, 3.05) is 12.0 Å². The molecule has 1 rings (SSSR count). The minimum atomic E-state index is -0.339. The number of carbonyl (C=O) groups is 1. The Morgan fingerprint density at radius 3 is 2.65 bits per heavy atom. The molecule has 1 unspecified atom stereocenters. The molecule has 1 saturated carbocycles. The Hall–Kier alpha value is -0.220. The lowest BCUT2D eigenvalue weighted by Gasteiger charge is -2.29. The second kappa shape index (κ2) is 7.98. The molecule has 1 aliphatic rings. The first-order valence-electron chi connectivity index (χ1n) is 6.70. The number of rotatable bonds is 6. The van der Waals surface area contributed by atoms with Gasteiger partial charge in [0.1, 0.15) is 0 Å². The Labute approximate surface area is 109 Å². The Bertz CT molecular complexity index is 229. The zero-order valence-corrected chi connectivity index (χ0v) is 11.9. The summed E-state index contributed by atoms with van der Waals surface area (Å²) < 4.78 is 0. The van der Waals surface area contributed by atoms with E-state index >= 15 is 0 Å². The second-order valence-corrected chi connectivity index (χ2v) is 6.07. The summed E-state index contributed by atoms with van der Waals surface area (Å²) in [6, 6.07) is -0.0587. The van der Waals surface area contributed by atoms with E-state index < -0.39 is 0 Å². The third-order valence-corrected chi connectivity index (χ3v) is 4.34. The van der Waals surface area contributed by atoms with Gasteiger partial charge in [0.25, 0.3) is 0 Å². The number of nitrogens with two attached hydrogens (primary N) is 1. The van der Waals surface area contributed by atoms with Crippen LogP contribution < -0.4 is 11.1 Å². The van der Waals surface area contributed by atoms with Gasteiger partial charge in [-0.25, -0.2) is 0 Å². The van der Waals surface area contributed by atoms with Gasteiger partial charge < -0.3 is 11.1 Å². The van der Waals surface area contributed by atoms with Crippen LogP contribution in [-0.4, -0.2) is 30.0 Å². The summed E-state index contributed by atoms with van der Waals surface area (Å²) in [5.74, 6) is 1.63. The average molecular weight is 258 g/mol. The fraction of sp³-hybridized carbons (Fsp3) is 0.923. The maximum atomic E-state index is 11.9. The summed E-state index contributed by atoms with van der Waals surface area (Å²) >= 11 is 1.73. The molecule has 0 aliphatic heterocycles. The first-order valence-corrected chi connectivity index (χ1v) is 8.09. The molecule has 1 fully saturated rings. The SMILES string of the molecule is CSCC[C@@H](N)C(=O)NC(C)C1CCCCC1. The van der Waals surface area contributed by atoms with Gasteiger partial charge in [0.05, 0.1) is 6.04 Å². The second-order valence-electron chi connectivity index (χ2n) is 5.08. The molecule has 0 aromatic rings. The number of hydrogen-bond acceptors (Lipinski definition) is 3. The normalized spacial score (nSPS) is 20.9. The summed E-state index contributed by atoms with van der Waals surface area (Å²) in [4.78, 5) is 11.9. The first kappa shape index (κ1) is 14.8. The van der Waals surface area contributed by atoms with Crippen LogP contribution in [0.1, 0.15) is 45.4 Å². The molecule has 0 heterocycles. The molecule has 17 heavy (non-hydrogen) atoms. The highest BCUT2D eigenvalue weighted by atomic mass is 32.2. The van der Waals surface area contributed by atoms with E-state index in [1.54, 1.807) is 11.8 Å². The van der Waals surface area contributed by atoms with Crippen molar-refractivity contribution in [3.05, 3.63) is 0 Å². The molecular weight excluding hydrogens is 232 g/mol. The molecule has 0 aromatic heterocycles. The minimum absolute atomic E-state index is 0.0251. The van der Waals surface area contributed by atoms with Crippen LogP contribution in [0.3, 0.4) is 0 Å². The number of carbonyl (C=O) groups excluding carboxylic acids is 1. The lowest BCUT2D eigenvalue weighted by molar-refractivity contribution is -0.123. The van der Waals surface area contributed by atoms with Gasteiger partial charge in [0, 0.05) is 6.04 Å². The van der Waals surface area contributed by atoms with E-state index in [-0.39, 0.29) is 18.0 Å². The fourth-order valence-electron chi connectivity index (χ4n) is 2.46.